The first-order chi connectivity index (χ1) is 8.04. The van der Waals surface area contributed by atoms with Gasteiger partial charge in [0.25, 0.3) is 0 Å². The Hall–Kier alpha value is -1.42. The third kappa shape index (κ3) is 4.15. The van der Waals surface area contributed by atoms with Gasteiger partial charge in [0.1, 0.15) is 0 Å². The average Bonchev–Trinajstić information content (AvgIpc) is 2.28. The fraction of sp³-hybridized carbons (Fsp3) is 0.538. The molecule has 1 heterocycles. The number of aromatic nitrogens is 1. The number of hydrogen-bond donors (Lipinski definition) is 1. The lowest BCUT2D eigenvalue weighted by atomic mass is 10.1. The van der Waals surface area contributed by atoms with E-state index in [-0.39, 0.29) is 5.69 Å². The molecule has 0 atom stereocenters. The first-order valence-corrected chi connectivity index (χ1v) is 5.94. The molecule has 0 unspecified atom stereocenters. The van der Waals surface area contributed by atoms with Crippen molar-refractivity contribution in [2.45, 2.75) is 27.3 Å². The van der Waals surface area contributed by atoms with E-state index in [4.69, 9.17) is 5.11 Å². The van der Waals surface area contributed by atoms with Gasteiger partial charge in [-0.2, -0.15) is 0 Å². The SMILES string of the molecule is CCN(Cc1cccnc1C(=O)O)CC(C)C. The summed E-state index contributed by atoms with van der Waals surface area (Å²) in [5.41, 5.74) is 0.942. The van der Waals surface area contributed by atoms with Gasteiger partial charge in [-0.15, -0.1) is 0 Å². The maximum Gasteiger partial charge on any atom is 0.354 e. The van der Waals surface area contributed by atoms with Crippen LogP contribution in [-0.2, 0) is 6.54 Å². The molecule has 0 aliphatic rings. The molecule has 94 valence electrons. The number of hydrogen-bond acceptors (Lipinski definition) is 3. The second kappa shape index (κ2) is 6.35. The molecule has 0 bridgehead atoms. The van der Waals surface area contributed by atoms with Crippen molar-refractivity contribution in [3.63, 3.8) is 0 Å². The van der Waals surface area contributed by atoms with E-state index in [1.165, 1.54) is 6.20 Å². The molecular weight excluding hydrogens is 216 g/mol. The van der Waals surface area contributed by atoms with Crippen LogP contribution in [0.1, 0.15) is 36.8 Å². The van der Waals surface area contributed by atoms with Crippen molar-refractivity contribution in [3.05, 3.63) is 29.6 Å². The van der Waals surface area contributed by atoms with E-state index in [0.717, 1.165) is 18.7 Å². The van der Waals surface area contributed by atoms with Crippen LogP contribution in [-0.4, -0.2) is 34.0 Å². The Labute approximate surface area is 102 Å². The number of aromatic carboxylic acids is 1. The number of rotatable bonds is 6. The van der Waals surface area contributed by atoms with E-state index in [1.54, 1.807) is 6.07 Å². The summed E-state index contributed by atoms with van der Waals surface area (Å²) in [5.74, 6) is -0.388. The van der Waals surface area contributed by atoms with Crippen LogP contribution in [0.4, 0.5) is 0 Å². The lowest BCUT2D eigenvalue weighted by Gasteiger charge is -2.22. The third-order valence-corrected chi connectivity index (χ3v) is 2.56. The Morgan fingerprint density at radius 1 is 1.53 bits per heavy atom. The van der Waals surface area contributed by atoms with Crippen LogP contribution in [0.5, 0.6) is 0 Å². The molecule has 0 aliphatic carbocycles. The average molecular weight is 236 g/mol. The molecule has 0 aromatic carbocycles. The van der Waals surface area contributed by atoms with Crippen LogP contribution >= 0.6 is 0 Å². The summed E-state index contributed by atoms with van der Waals surface area (Å²) in [6.45, 7) is 8.91. The van der Waals surface area contributed by atoms with E-state index in [0.29, 0.717) is 12.5 Å². The Kier molecular flexibility index (Phi) is 5.10. The fourth-order valence-corrected chi connectivity index (χ4v) is 1.82. The van der Waals surface area contributed by atoms with Gasteiger partial charge in [-0.05, 0) is 24.1 Å². The summed E-state index contributed by atoms with van der Waals surface area (Å²) in [6, 6.07) is 3.62. The molecule has 4 nitrogen and oxygen atoms in total. The zero-order chi connectivity index (χ0) is 12.8. The Balaban J connectivity index is 2.82. The minimum atomic E-state index is -0.957. The summed E-state index contributed by atoms with van der Waals surface area (Å²) < 4.78 is 0. The molecule has 17 heavy (non-hydrogen) atoms. The van der Waals surface area contributed by atoms with Crippen LogP contribution < -0.4 is 0 Å². The van der Waals surface area contributed by atoms with Crippen molar-refractivity contribution in [1.29, 1.82) is 0 Å². The number of carboxylic acids is 1. The summed E-state index contributed by atoms with van der Waals surface area (Å²) >= 11 is 0. The van der Waals surface area contributed by atoms with Gasteiger partial charge in [0, 0.05) is 19.3 Å². The van der Waals surface area contributed by atoms with Crippen molar-refractivity contribution in [3.8, 4) is 0 Å². The van der Waals surface area contributed by atoms with Gasteiger partial charge in [-0.3, -0.25) is 4.90 Å². The van der Waals surface area contributed by atoms with Crippen LogP contribution in [0.25, 0.3) is 0 Å². The molecule has 0 amide bonds. The highest BCUT2D eigenvalue weighted by Gasteiger charge is 2.14. The zero-order valence-corrected chi connectivity index (χ0v) is 10.7. The second-order valence-electron chi connectivity index (χ2n) is 4.54. The standard InChI is InChI=1S/C13H20N2O2/c1-4-15(8-10(2)3)9-11-6-5-7-14-12(11)13(16)17/h5-7,10H,4,8-9H2,1-3H3,(H,16,17). The molecule has 1 aromatic heterocycles. The summed E-state index contributed by atoms with van der Waals surface area (Å²) in [7, 11) is 0. The predicted octanol–water partition coefficient (Wildman–Crippen LogP) is 2.26. The molecule has 1 N–H and O–H groups in total. The topological polar surface area (TPSA) is 53.4 Å². The molecule has 0 radical (unpaired) electrons. The van der Waals surface area contributed by atoms with E-state index in [1.807, 2.05) is 6.07 Å². The lowest BCUT2D eigenvalue weighted by molar-refractivity contribution is 0.0687. The first kappa shape index (κ1) is 13.6. The predicted molar refractivity (Wildman–Crippen MR) is 67.0 cm³/mol. The molecule has 0 saturated heterocycles. The van der Waals surface area contributed by atoms with Gasteiger partial charge < -0.3 is 5.11 Å². The second-order valence-corrected chi connectivity index (χ2v) is 4.54. The first-order valence-electron chi connectivity index (χ1n) is 5.94. The third-order valence-electron chi connectivity index (χ3n) is 2.56. The minimum absolute atomic E-state index is 0.162. The van der Waals surface area contributed by atoms with Gasteiger partial charge in [-0.1, -0.05) is 26.8 Å². The normalized spacial score (nSPS) is 11.1. The summed E-state index contributed by atoms with van der Waals surface area (Å²) in [5, 5.41) is 9.05. The molecule has 0 fully saturated rings. The fourth-order valence-electron chi connectivity index (χ4n) is 1.82. The van der Waals surface area contributed by atoms with Gasteiger partial charge in [-0.25, -0.2) is 9.78 Å². The monoisotopic (exact) mass is 236 g/mol. The van der Waals surface area contributed by atoms with Crippen molar-refractivity contribution >= 4 is 5.97 Å². The van der Waals surface area contributed by atoms with E-state index < -0.39 is 5.97 Å². The van der Waals surface area contributed by atoms with Crippen LogP contribution in [0, 0.1) is 5.92 Å². The van der Waals surface area contributed by atoms with E-state index in [9.17, 15) is 4.79 Å². The summed E-state index contributed by atoms with van der Waals surface area (Å²) in [4.78, 5) is 17.2. The number of carbonyl (C=O) groups is 1. The molecule has 1 rings (SSSR count). The van der Waals surface area contributed by atoms with Crippen molar-refractivity contribution < 1.29 is 9.90 Å². The number of nitrogens with zero attached hydrogens (tertiary/aromatic N) is 2. The maximum absolute atomic E-state index is 11.0. The Morgan fingerprint density at radius 3 is 2.76 bits per heavy atom. The van der Waals surface area contributed by atoms with Crippen molar-refractivity contribution in [1.82, 2.24) is 9.88 Å². The van der Waals surface area contributed by atoms with E-state index >= 15 is 0 Å². The highest BCUT2D eigenvalue weighted by atomic mass is 16.4. The molecule has 0 saturated carbocycles. The smallest absolute Gasteiger partial charge is 0.354 e. The van der Waals surface area contributed by atoms with Gasteiger partial charge in [0.2, 0.25) is 0 Å². The Bertz CT molecular complexity index is 377. The molecule has 0 spiro atoms. The Morgan fingerprint density at radius 2 is 2.24 bits per heavy atom. The zero-order valence-electron chi connectivity index (χ0n) is 10.7. The highest BCUT2D eigenvalue weighted by Crippen LogP contribution is 2.10. The van der Waals surface area contributed by atoms with Crippen LogP contribution in [0.3, 0.4) is 0 Å². The molecule has 1 aromatic rings. The van der Waals surface area contributed by atoms with Gasteiger partial charge >= 0.3 is 5.97 Å². The maximum atomic E-state index is 11.0. The van der Waals surface area contributed by atoms with E-state index in [2.05, 4.69) is 30.7 Å². The summed E-state index contributed by atoms with van der Waals surface area (Å²) in [6.07, 6.45) is 1.52. The molecular formula is C13H20N2O2. The largest absolute Gasteiger partial charge is 0.477 e. The van der Waals surface area contributed by atoms with Crippen molar-refractivity contribution in [2.24, 2.45) is 5.92 Å². The van der Waals surface area contributed by atoms with Crippen molar-refractivity contribution in [2.75, 3.05) is 13.1 Å². The number of pyridine rings is 1. The molecule has 0 aliphatic heterocycles. The van der Waals surface area contributed by atoms with Crippen LogP contribution in [0.2, 0.25) is 0 Å². The van der Waals surface area contributed by atoms with Crippen LogP contribution in [0.15, 0.2) is 18.3 Å². The number of carboxylic acid groups (broad SMARTS) is 1. The molecule has 4 heteroatoms. The van der Waals surface area contributed by atoms with Gasteiger partial charge in [0.05, 0.1) is 0 Å². The minimum Gasteiger partial charge on any atom is -0.477 e. The highest BCUT2D eigenvalue weighted by molar-refractivity contribution is 5.86. The lowest BCUT2D eigenvalue weighted by Crippen LogP contribution is -2.28. The quantitative estimate of drug-likeness (QED) is 0.823. The van der Waals surface area contributed by atoms with Gasteiger partial charge in [0.15, 0.2) is 5.69 Å².